The van der Waals surface area contributed by atoms with Crippen molar-refractivity contribution in [2.24, 2.45) is 0 Å². The van der Waals surface area contributed by atoms with Crippen LogP contribution in [0, 0.1) is 0 Å². The van der Waals surface area contributed by atoms with Crippen molar-refractivity contribution < 1.29 is 8.42 Å². The van der Waals surface area contributed by atoms with Gasteiger partial charge in [-0.1, -0.05) is 18.2 Å². The molecule has 0 spiro atoms. The van der Waals surface area contributed by atoms with Gasteiger partial charge in [0, 0.05) is 17.4 Å². The smallest absolute Gasteiger partial charge is 0.212 e. The van der Waals surface area contributed by atoms with Crippen LogP contribution in [0.3, 0.4) is 0 Å². The summed E-state index contributed by atoms with van der Waals surface area (Å²) in [5.74, 6) is 0. The number of hydrogen-bond donors (Lipinski definition) is 1. The summed E-state index contributed by atoms with van der Waals surface area (Å²) in [7, 11) is -3.21. The van der Waals surface area contributed by atoms with Crippen molar-refractivity contribution in [3.63, 3.8) is 0 Å². The third kappa shape index (κ3) is 2.42. The highest BCUT2D eigenvalue weighted by atomic mass is 32.3. The van der Waals surface area contributed by atoms with Crippen molar-refractivity contribution in [1.82, 2.24) is 4.72 Å². The zero-order valence-corrected chi connectivity index (χ0v) is 10.9. The molecule has 1 aliphatic heterocycles. The highest BCUT2D eigenvalue weighted by molar-refractivity contribution is 8.13. The molecule has 1 unspecified atom stereocenters. The van der Waals surface area contributed by atoms with Gasteiger partial charge in [0.2, 0.25) is 10.0 Å². The molecule has 1 N–H and O–H groups in total. The van der Waals surface area contributed by atoms with Gasteiger partial charge in [0.25, 0.3) is 0 Å². The number of thioether (sulfide) groups is 1. The van der Waals surface area contributed by atoms with E-state index in [4.69, 9.17) is 0 Å². The molecule has 0 saturated heterocycles. The summed E-state index contributed by atoms with van der Waals surface area (Å²) in [6.07, 6.45) is 0.600. The second-order valence-electron chi connectivity index (χ2n) is 4.18. The lowest BCUT2D eigenvalue weighted by Crippen LogP contribution is -2.36. The van der Waals surface area contributed by atoms with E-state index in [9.17, 15) is 8.42 Å². The van der Waals surface area contributed by atoms with E-state index in [0.29, 0.717) is 6.42 Å². The Morgan fingerprint density at radius 1 is 1.38 bits per heavy atom. The molecule has 16 heavy (non-hydrogen) atoms. The van der Waals surface area contributed by atoms with E-state index >= 15 is 0 Å². The van der Waals surface area contributed by atoms with Gasteiger partial charge < -0.3 is 0 Å². The molecule has 0 aliphatic carbocycles. The van der Waals surface area contributed by atoms with Crippen LogP contribution in [0.25, 0.3) is 0 Å². The molecular weight excluding hydrogens is 242 g/mol. The fourth-order valence-electron chi connectivity index (χ4n) is 1.73. The first-order chi connectivity index (χ1) is 7.49. The van der Waals surface area contributed by atoms with Crippen LogP contribution >= 0.6 is 11.8 Å². The monoisotopic (exact) mass is 257 g/mol. The topological polar surface area (TPSA) is 46.2 Å². The van der Waals surface area contributed by atoms with Gasteiger partial charge in [0.1, 0.15) is 4.58 Å². The minimum atomic E-state index is -3.21. The van der Waals surface area contributed by atoms with Gasteiger partial charge in [-0.2, -0.15) is 0 Å². The molecule has 3 nitrogen and oxygen atoms in total. The van der Waals surface area contributed by atoms with E-state index in [0.717, 1.165) is 10.5 Å². The number of nitrogens with one attached hydrogen (secondary N) is 1. The summed E-state index contributed by atoms with van der Waals surface area (Å²) in [6, 6.07) is 7.81. The molecule has 1 heterocycles. The second kappa shape index (κ2) is 4.39. The first-order valence-corrected chi connectivity index (χ1v) is 7.67. The van der Waals surface area contributed by atoms with Crippen molar-refractivity contribution in [3.05, 3.63) is 29.8 Å². The molecule has 0 amide bonds. The first kappa shape index (κ1) is 12.0. The lowest BCUT2D eigenvalue weighted by molar-refractivity contribution is 0.566. The maximum atomic E-state index is 12.0. The summed E-state index contributed by atoms with van der Waals surface area (Å²) in [4.78, 5) is 1.08. The van der Waals surface area contributed by atoms with Gasteiger partial charge in [-0.05, 0) is 25.5 Å². The van der Waals surface area contributed by atoms with Crippen molar-refractivity contribution >= 4 is 21.8 Å². The molecule has 0 bridgehead atoms. The summed E-state index contributed by atoms with van der Waals surface area (Å²) >= 11 is 1.43. The van der Waals surface area contributed by atoms with Crippen LogP contribution in [0.4, 0.5) is 0 Å². The minimum absolute atomic E-state index is 0.0469. The van der Waals surface area contributed by atoms with Gasteiger partial charge in [0.05, 0.1) is 0 Å². The third-order valence-electron chi connectivity index (χ3n) is 2.36. The summed E-state index contributed by atoms with van der Waals surface area (Å²) in [6.45, 7) is 3.68. The number of rotatable bonds is 3. The zero-order valence-electron chi connectivity index (χ0n) is 9.30. The third-order valence-corrected chi connectivity index (χ3v) is 6.15. The highest BCUT2D eigenvalue weighted by Gasteiger charge is 2.33. The van der Waals surface area contributed by atoms with Crippen LogP contribution < -0.4 is 4.72 Å². The number of hydrogen-bond acceptors (Lipinski definition) is 3. The number of fused-ring (bicyclic) bond motifs is 1. The molecule has 0 radical (unpaired) electrons. The molecule has 88 valence electrons. The average Bonchev–Trinajstić information content (AvgIpc) is 2.59. The maximum absolute atomic E-state index is 12.0. The van der Waals surface area contributed by atoms with E-state index in [2.05, 4.69) is 4.72 Å². The maximum Gasteiger partial charge on any atom is 0.224 e. The largest absolute Gasteiger partial charge is 0.224 e. The van der Waals surface area contributed by atoms with Gasteiger partial charge in [-0.15, -0.1) is 11.8 Å². The van der Waals surface area contributed by atoms with Crippen molar-refractivity contribution in [3.8, 4) is 0 Å². The van der Waals surface area contributed by atoms with E-state index < -0.39 is 10.0 Å². The molecule has 5 heteroatoms. The van der Waals surface area contributed by atoms with Crippen LogP contribution in [0.5, 0.6) is 0 Å². The van der Waals surface area contributed by atoms with Crippen LogP contribution in [0.15, 0.2) is 29.2 Å². The van der Waals surface area contributed by atoms with Crippen molar-refractivity contribution in [2.45, 2.75) is 35.8 Å². The van der Waals surface area contributed by atoms with E-state index in [-0.39, 0.29) is 10.6 Å². The fourth-order valence-corrected chi connectivity index (χ4v) is 4.93. The van der Waals surface area contributed by atoms with Crippen LogP contribution in [-0.2, 0) is 16.4 Å². The number of benzene rings is 1. The molecular formula is C11H15NO2S2. The Bertz CT molecular complexity index is 458. The predicted octanol–water partition coefficient (Wildman–Crippen LogP) is 1.99. The Hall–Kier alpha value is -0.520. The Balaban J connectivity index is 2.17. The molecule has 1 aromatic carbocycles. The lowest BCUT2D eigenvalue weighted by atomic mass is 10.2. The summed E-state index contributed by atoms with van der Waals surface area (Å²) in [5, 5.41) is 0. The molecule has 0 fully saturated rings. The zero-order chi connectivity index (χ0) is 11.8. The van der Waals surface area contributed by atoms with E-state index in [1.54, 1.807) is 0 Å². The Morgan fingerprint density at radius 3 is 2.69 bits per heavy atom. The summed E-state index contributed by atoms with van der Waals surface area (Å²) < 4.78 is 26.2. The molecule has 1 aromatic rings. The van der Waals surface area contributed by atoms with Gasteiger partial charge in [-0.3, -0.25) is 0 Å². The van der Waals surface area contributed by atoms with Crippen molar-refractivity contribution in [2.75, 3.05) is 0 Å². The first-order valence-electron chi connectivity index (χ1n) is 5.25. The molecule has 2 rings (SSSR count). The van der Waals surface area contributed by atoms with E-state index in [1.807, 2.05) is 38.1 Å². The molecule has 1 atom stereocenters. The SMILES string of the molecule is CC(C)NS(=O)(=O)C1Cc2ccccc2S1. The fraction of sp³-hybridized carbons (Fsp3) is 0.455. The highest BCUT2D eigenvalue weighted by Crippen LogP contribution is 2.38. The quantitative estimate of drug-likeness (QED) is 0.900. The second-order valence-corrected chi connectivity index (χ2v) is 7.61. The van der Waals surface area contributed by atoms with Crippen LogP contribution in [0.1, 0.15) is 19.4 Å². The molecule has 0 aromatic heterocycles. The standard InChI is InChI=1S/C11H15NO2S2/c1-8(2)12-16(13,14)11-7-9-5-3-4-6-10(9)15-11/h3-6,8,11-12H,7H2,1-2H3. The van der Waals surface area contributed by atoms with Crippen LogP contribution in [0.2, 0.25) is 0 Å². The van der Waals surface area contributed by atoms with Gasteiger partial charge in [-0.25, -0.2) is 13.1 Å². The van der Waals surface area contributed by atoms with E-state index in [1.165, 1.54) is 11.8 Å². The Morgan fingerprint density at radius 2 is 2.06 bits per heavy atom. The molecule has 0 saturated carbocycles. The van der Waals surface area contributed by atoms with Crippen molar-refractivity contribution in [1.29, 1.82) is 0 Å². The van der Waals surface area contributed by atoms with Gasteiger partial charge >= 0.3 is 0 Å². The summed E-state index contributed by atoms with van der Waals surface area (Å²) in [5.41, 5.74) is 1.13. The van der Waals surface area contributed by atoms with Gasteiger partial charge in [0.15, 0.2) is 0 Å². The van der Waals surface area contributed by atoms with Crippen LogP contribution in [-0.4, -0.2) is 19.0 Å². The normalized spacial score (nSPS) is 20.1. The predicted molar refractivity (Wildman–Crippen MR) is 67.0 cm³/mol. The molecule has 1 aliphatic rings. The lowest BCUT2D eigenvalue weighted by Gasteiger charge is -2.13. The average molecular weight is 257 g/mol. The Kier molecular flexibility index (Phi) is 3.28. The Labute approximate surface area is 101 Å². The minimum Gasteiger partial charge on any atom is -0.212 e. The number of sulfonamides is 1.